The van der Waals surface area contributed by atoms with Gasteiger partial charge in [-0.2, -0.15) is 0 Å². The number of hydrogen-bond donors (Lipinski definition) is 4. The molecule has 1 aliphatic heterocycles. The number of aliphatic hydroxyl groups is 3. The second-order valence-electron chi connectivity index (χ2n) is 9.42. The smallest absolute Gasteiger partial charge is 0.268 e. The molecule has 1 unspecified atom stereocenters. The molecule has 2 amide bonds. The highest BCUT2D eigenvalue weighted by Gasteiger charge is 2.60. The Bertz CT molecular complexity index is 1320. The van der Waals surface area contributed by atoms with Crippen LogP contribution in [0.2, 0.25) is 5.02 Å². The van der Waals surface area contributed by atoms with Crippen molar-refractivity contribution < 1.29 is 42.8 Å². The molecule has 1 heterocycles. The number of benzene rings is 2. The zero-order valence-electron chi connectivity index (χ0n) is 20.8. The quantitative estimate of drug-likeness (QED) is 0.318. The minimum absolute atomic E-state index is 0.108. The normalized spacial score (nSPS) is 16.4. The van der Waals surface area contributed by atoms with E-state index in [1.807, 2.05) is 5.32 Å². The summed E-state index contributed by atoms with van der Waals surface area (Å²) in [7, 11) is 32.5. The highest BCUT2D eigenvalue weighted by atomic mass is 35.5. The fourth-order valence-corrected chi connectivity index (χ4v) is 4.61. The first-order valence-corrected chi connectivity index (χ1v) is 11.6. The van der Waals surface area contributed by atoms with E-state index in [0.717, 1.165) is 23.1 Å². The highest BCUT2D eigenvalue weighted by Crippen LogP contribution is 2.48. The third-order valence-corrected chi connectivity index (χ3v) is 6.74. The van der Waals surface area contributed by atoms with Crippen molar-refractivity contribution in [1.82, 2.24) is 0 Å². The average Bonchev–Trinajstić information content (AvgIpc) is 2.78. The number of nitrogens with zero attached hydrogens (tertiary/aromatic N) is 1. The van der Waals surface area contributed by atoms with Gasteiger partial charge in [0, 0.05) is 23.5 Å². The molecule has 0 aromatic heterocycles. The summed E-state index contributed by atoms with van der Waals surface area (Å²) in [5, 5.41) is 22.3. The maximum atomic E-state index is 15.7. The number of hydrogen-bond acceptors (Lipinski definition) is 6. The Labute approximate surface area is 240 Å². The summed E-state index contributed by atoms with van der Waals surface area (Å²) in [5.41, 5.74) is -4.29. The number of amides is 2. The van der Waals surface area contributed by atoms with E-state index in [-0.39, 0.29) is 11.3 Å². The molecule has 12 radical (unpaired) electrons. The zero-order chi connectivity index (χ0) is 30.6. The molecule has 18 heteroatoms. The topological polar surface area (TPSA) is 119 Å². The summed E-state index contributed by atoms with van der Waals surface area (Å²) >= 11 is 6.19. The van der Waals surface area contributed by atoms with Gasteiger partial charge in [0.2, 0.25) is 5.91 Å². The van der Waals surface area contributed by atoms with E-state index >= 15 is 4.39 Å². The molecule has 3 rings (SSSR count). The van der Waals surface area contributed by atoms with Crippen LogP contribution in [0.4, 0.5) is 24.5 Å². The monoisotopic (exact) mass is 562 g/mol. The average molecular weight is 562 g/mol. The second kappa shape index (κ2) is 10.7. The molecule has 0 saturated heterocycles. The Morgan fingerprint density at radius 2 is 1.60 bits per heavy atom. The van der Waals surface area contributed by atoms with Crippen LogP contribution in [0.5, 0.6) is 5.75 Å². The molecule has 0 saturated carbocycles. The molecule has 40 heavy (non-hydrogen) atoms. The fourth-order valence-electron chi connectivity index (χ4n) is 4.38. The number of halogens is 4. The lowest BCUT2D eigenvalue weighted by atomic mass is 9.27. The Kier molecular flexibility index (Phi) is 8.60. The molecule has 1 atom stereocenters. The summed E-state index contributed by atoms with van der Waals surface area (Å²) in [4.78, 5) is 26.7. The van der Waals surface area contributed by atoms with Crippen LogP contribution in [0.25, 0.3) is 0 Å². The van der Waals surface area contributed by atoms with Crippen molar-refractivity contribution in [3.8, 4) is 5.75 Å². The highest BCUT2D eigenvalue weighted by molar-refractivity contribution is 6.49. The van der Waals surface area contributed by atoms with Crippen molar-refractivity contribution in [3.05, 3.63) is 52.3 Å². The van der Waals surface area contributed by atoms with E-state index in [1.165, 1.54) is 6.92 Å². The van der Waals surface area contributed by atoms with Crippen LogP contribution in [0, 0.1) is 22.9 Å². The van der Waals surface area contributed by atoms with Gasteiger partial charge < -0.3 is 30.3 Å². The van der Waals surface area contributed by atoms with E-state index in [9.17, 15) is 33.7 Å². The van der Waals surface area contributed by atoms with Crippen molar-refractivity contribution >= 4 is 81.9 Å². The lowest BCUT2D eigenvalue weighted by molar-refractivity contribution is -0.138. The summed E-state index contributed by atoms with van der Waals surface area (Å²) in [6.07, 6.45) is -2.69. The Balaban J connectivity index is 2.04. The molecule has 2 aromatic rings. The zero-order valence-corrected chi connectivity index (χ0v) is 21.5. The van der Waals surface area contributed by atoms with Crippen molar-refractivity contribution in [2.45, 2.75) is 42.2 Å². The van der Waals surface area contributed by atoms with Crippen molar-refractivity contribution in [3.63, 3.8) is 0 Å². The first kappa shape index (κ1) is 32.0. The van der Waals surface area contributed by atoms with Crippen LogP contribution in [0.3, 0.4) is 0 Å². The van der Waals surface area contributed by atoms with Gasteiger partial charge in [-0.05, 0) is 35.3 Å². The number of nitrogens with one attached hydrogen (secondary N) is 1. The molecule has 8 nitrogen and oxygen atoms in total. The van der Waals surface area contributed by atoms with Crippen LogP contribution in [0.15, 0.2) is 24.3 Å². The molecule has 0 spiro atoms. The van der Waals surface area contributed by atoms with Gasteiger partial charge in [-0.15, -0.1) is 0 Å². The van der Waals surface area contributed by atoms with Gasteiger partial charge in [0.1, 0.15) is 11.6 Å². The summed E-state index contributed by atoms with van der Waals surface area (Å²) in [6.45, 7) is 0.814. The van der Waals surface area contributed by atoms with Gasteiger partial charge >= 0.3 is 0 Å². The van der Waals surface area contributed by atoms with Gasteiger partial charge in [0.05, 0.1) is 70.0 Å². The third kappa shape index (κ3) is 5.66. The minimum Gasteiger partial charge on any atom is -0.476 e. The maximum absolute atomic E-state index is 15.7. The number of ether oxygens (including phenoxy) is 1. The first-order chi connectivity index (χ1) is 18.1. The number of carbonyl (C=O) groups is 2. The van der Waals surface area contributed by atoms with Crippen molar-refractivity contribution in [2.75, 3.05) is 10.2 Å². The minimum atomic E-state index is -3.30. The summed E-state index contributed by atoms with van der Waals surface area (Å²) in [5.74, 6) is -5.80. The Morgan fingerprint density at radius 3 is 2.10 bits per heavy atom. The van der Waals surface area contributed by atoms with Gasteiger partial charge in [0.25, 0.3) is 5.91 Å². The van der Waals surface area contributed by atoms with Crippen molar-refractivity contribution in [2.24, 2.45) is 5.41 Å². The van der Waals surface area contributed by atoms with Crippen LogP contribution < -0.4 is 15.0 Å². The lowest BCUT2D eigenvalue weighted by Gasteiger charge is -2.60. The number of rotatable bonds is 8. The Hall–Kier alpha value is -2.47. The van der Waals surface area contributed by atoms with Gasteiger partial charge in [-0.1, -0.05) is 17.7 Å². The predicted octanol–water partition coefficient (Wildman–Crippen LogP) is -0.664. The van der Waals surface area contributed by atoms with E-state index in [4.69, 9.17) is 63.4 Å². The number of carbonyl (C=O) groups excluding carboxylic acids is 2. The van der Waals surface area contributed by atoms with E-state index < -0.39 is 86.4 Å². The number of anilines is 2. The predicted molar refractivity (Wildman–Crippen MR) is 144 cm³/mol. The fraction of sp³-hybridized carbons (Fsp3) is 0.364. The molecule has 1 aliphatic rings. The molecule has 196 valence electrons. The van der Waals surface area contributed by atoms with Gasteiger partial charge in [-0.25, -0.2) is 13.2 Å². The molecular formula is C22H16B6ClF3N2O6. The van der Waals surface area contributed by atoms with Gasteiger partial charge in [-0.3, -0.25) is 9.59 Å². The van der Waals surface area contributed by atoms with Gasteiger partial charge in [0.15, 0.2) is 17.7 Å². The molecule has 0 aliphatic carbocycles. The molecular weight excluding hydrogens is 546 g/mol. The van der Waals surface area contributed by atoms with E-state index in [2.05, 4.69) is 0 Å². The van der Waals surface area contributed by atoms with Crippen LogP contribution in [0.1, 0.15) is 18.9 Å². The molecule has 0 fully saturated rings. The largest absolute Gasteiger partial charge is 0.476 e. The van der Waals surface area contributed by atoms with E-state index in [0.29, 0.717) is 6.07 Å². The van der Waals surface area contributed by atoms with Crippen LogP contribution >= 0.6 is 11.6 Å². The van der Waals surface area contributed by atoms with Crippen LogP contribution in [-0.4, -0.2) is 96.5 Å². The SMILES string of the molecule is [B]C([B])(O)C(CC(=O)Nc1c(Cl)cc2c(c1F)OC(C)C(=O)N2Cc1ccc(F)cc1F)(C([B])([B])O)C([B])([B])O. The van der Waals surface area contributed by atoms with E-state index in [1.54, 1.807) is 0 Å². The lowest BCUT2D eigenvalue weighted by Crippen LogP contribution is -2.75. The molecule has 4 N–H and O–H groups in total. The van der Waals surface area contributed by atoms with Crippen molar-refractivity contribution in [1.29, 1.82) is 0 Å². The Morgan fingerprint density at radius 1 is 1.05 bits per heavy atom. The molecule has 0 bridgehead atoms. The summed E-state index contributed by atoms with van der Waals surface area (Å²) in [6, 6.07) is 3.69. The molecule has 2 aromatic carbocycles. The third-order valence-electron chi connectivity index (χ3n) is 6.44. The summed E-state index contributed by atoms with van der Waals surface area (Å²) < 4.78 is 48.7. The maximum Gasteiger partial charge on any atom is 0.268 e. The first-order valence-electron chi connectivity index (χ1n) is 11.3. The second-order valence-corrected chi connectivity index (χ2v) is 9.83. The standard InChI is InChI=1S/C22H16B6ClF3N2O6/c1-8-18(36)34(7-9-2-3-10(30)4-12(9)31)13-5-11(29)16(15(32)17(13)40-8)33-14(35)6-19(20(23,24)37,21(25,26)38)22(27,28)39/h2-5,8,37-39H,6-7H2,1H3,(H,33,35). The van der Waals surface area contributed by atoms with Crippen LogP contribution in [-0.2, 0) is 16.1 Å². The number of fused-ring (bicyclic) bond motifs is 1.